The number of hydrogen-bond acceptors (Lipinski definition) is 5. The molecule has 0 aromatic heterocycles. The van der Waals surface area contributed by atoms with Crippen molar-refractivity contribution in [1.29, 1.82) is 0 Å². The Balaban J connectivity index is 1.49. The minimum absolute atomic E-state index is 0.0454. The van der Waals surface area contributed by atoms with E-state index >= 15 is 0 Å². The number of benzene rings is 2. The monoisotopic (exact) mass is 605 g/mol. The van der Waals surface area contributed by atoms with Gasteiger partial charge in [-0.25, -0.2) is 0 Å². The first-order chi connectivity index (χ1) is 20.2. The lowest BCUT2D eigenvalue weighted by Crippen LogP contribution is -2.57. The number of anilines is 1. The molecule has 1 unspecified atom stereocenters. The molecule has 0 bridgehead atoms. The van der Waals surface area contributed by atoms with E-state index < -0.39 is 33.4 Å². The van der Waals surface area contributed by atoms with Crippen molar-refractivity contribution in [1.82, 2.24) is 9.80 Å². The first kappa shape index (κ1) is 29.0. The smallest absolute Gasteiger partial charge is 0.251 e. The van der Waals surface area contributed by atoms with E-state index in [9.17, 15) is 19.5 Å². The number of halogens is 1. The van der Waals surface area contributed by atoms with Gasteiger partial charge in [0, 0.05) is 35.1 Å². The summed E-state index contributed by atoms with van der Waals surface area (Å²) in [7, 11) is 0. The molecule has 0 aliphatic carbocycles. The van der Waals surface area contributed by atoms with Crippen LogP contribution >= 0.6 is 23.4 Å². The van der Waals surface area contributed by atoms with Crippen molar-refractivity contribution in [3.8, 4) is 0 Å². The van der Waals surface area contributed by atoms with Crippen LogP contribution in [-0.2, 0) is 20.8 Å². The van der Waals surface area contributed by atoms with Gasteiger partial charge in [-0.05, 0) is 49.6 Å². The van der Waals surface area contributed by atoms with Gasteiger partial charge in [0.05, 0.1) is 29.2 Å². The molecule has 4 aliphatic heterocycles. The van der Waals surface area contributed by atoms with Crippen LogP contribution in [0.1, 0.15) is 25.8 Å². The van der Waals surface area contributed by atoms with Crippen molar-refractivity contribution >= 4 is 46.8 Å². The highest BCUT2D eigenvalue weighted by Gasteiger charge is 2.74. The van der Waals surface area contributed by atoms with Gasteiger partial charge in [0.1, 0.15) is 6.04 Å². The number of carbonyl (C=O) groups is 3. The first-order valence-electron chi connectivity index (χ1n) is 14.6. The predicted molar refractivity (Wildman–Crippen MR) is 166 cm³/mol. The van der Waals surface area contributed by atoms with E-state index in [1.165, 1.54) is 0 Å². The highest BCUT2D eigenvalue weighted by atomic mass is 35.5. The summed E-state index contributed by atoms with van der Waals surface area (Å²) in [4.78, 5) is 48.9. The van der Waals surface area contributed by atoms with Crippen LogP contribution in [0, 0.1) is 11.8 Å². The van der Waals surface area contributed by atoms with E-state index in [2.05, 4.69) is 6.08 Å². The third kappa shape index (κ3) is 4.59. The van der Waals surface area contributed by atoms with Crippen LogP contribution in [0.25, 0.3) is 0 Å². The van der Waals surface area contributed by atoms with Crippen molar-refractivity contribution in [3.05, 3.63) is 89.5 Å². The quantitative estimate of drug-likeness (QED) is 0.475. The lowest BCUT2D eigenvalue weighted by molar-refractivity contribution is -0.145. The molecule has 220 valence electrons. The topological polar surface area (TPSA) is 81.2 Å². The number of rotatable bonds is 7. The van der Waals surface area contributed by atoms with Gasteiger partial charge in [-0.15, -0.1) is 11.8 Å². The third-order valence-corrected chi connectivity index (χ3v) is 11.2. The second-order valence-electron chi connectivity index (χ2n) is 11.8. The molecule has 7 nitrogen and oxygen atoms in total. The number of amides is 3. The third-order valence-electron chi connectivity index (χ3n) is 9.13. The van der Waals surface area contributed by atoms with E-state index in [1.807, 2.05) is 67.3 Å². The molecule has 9 heteroatoms. The van der Waals surface area contributed by atoms with Crippen molar-refractivity contribution < 1.29 is 19.5 Å². The molecule has 4 heterocycles. The maximum Gasteiger partial charge on any atom is 0.251 e. The number of nitrogens with zero attached hydrogens (tertiary/aromatic N) is 3. The largest absolute Gasteiger partial charge is 0.394 e. The molecule has 0 saturated carbocycles. The Kier molecular flexibility index (Phi) is 7.75. The summed E-state index contributed by atoms with van der Waals surface area (Å²) in [5.41, 5.74) is 1.64. The number of hydrogen-bond donors (Lipinski definition) is 1. The molecule has 2 aromatic carbocycles. The average Bonchev–Trinajstić information content (AvgIpc) is 3.26. The summed E-state index contributed by atoms with van der Waals surface area (Å²) in [5, 5.41) is 11.3. The fourth-order valence-electron chi connectivity index (χ4n) is 7.37. The average molecular weight is 606 g/mol. The van der Waals surface area contributed by atoms with E-state index in [0.29, 0.717) is 36.8 Å². The summed E-state index contributed by atoms with van der Waals surface area (Å²) in [6.45, 7) is 5.20. The van der Waals surface area contributed by atoms with Crippen molar-refractivity contribution in [3.63, 3.8) is 0 Å². The van der Waals surface area contributed by atoms with Crippen LogP contribution in [0.5, 0.6) is 0 Å². The summed E-state index contributed by atoms with van der Waals surface area (Å²) in [6, 6.07) is 15.3. The van der Waals surface area contributed by atoms with Gasteiger partial charge in [0.15, 0.2) is 0 Å². The van der Waals surface area contributed by atoms with E-state index in [1.54, 1.807) is 45.8 Å². The highest BCUT2D eigenvalue weighted by Crippen LogP contribution is 2.66. The van der Waals surface area contributed by atoms with Gasteiger partial charge in [-0.3, -0.25) is 14.4 Å². The maximum absolute atomic E-state index is 14.8. The Hall–Kier alpha value is -3.07. The lowest BCUT2D eigenvalue weighted by atomic mass is 9.74. The second-order valence-corrected chi connectivity index (χ2v) is 14.0. The predicted octanol–water partition coefficient (Wildman–Crippen LogP) is 4.34. The first-order valence-corrected chi connectivity index (χ1v) is 15.8. The molecular weight excluding hydrogens is 570 g/mol. The van der Waals surface area contributed by atoms with Crippen molar-refractivity contribution in [2.24, 2.45) is 11.8 Å². The van der Waals surface area contributed by atoms with Crippen LogP contribution in [0.3, 0.4) is 0 Å². The second kappa shape index (κ2) is 11.2. The fraction of sp³-hybridized carbons (Fsp3) is 0.424. The molecule has 1 N–H and O–H groups in total. The number of aliphatic hydroxyl groups is 1. The van der Waals surface area contributed by atoms with Crippen molar-refractivity contribution in [2.45, 2.75) is 48.3 Å². The number of aliphatic hydroxyl groups excluding tert-OH is 1. The van der Waals surface area contributed by atoms with Gasteiger partial charge in [-0.2, -0.15) is 0 Å². The fourth-order valence-corrected chi connectivity index (χ4v) is 9.64. The number of thioether (sulfide) groups is 1. The Morgan fingerprint density at radius 1 is 0.952 bits per heavy atom. The molecule has 1 spiro atoms. The minimum Gasteiger partial charge on any atom is -0.394 e. The zero-order chi connectivity index (χ0) is 29.6. The molecule has 42 heavy (non-hydrogen) atoms. The number of likely N-dealkylation sites (tertiary alicyclic amines) is 1. The lowest BCUT2D eigenvalue weighted by Gasteiger charge is -2.39. The number of carbonyl (C=O) groups excluding carboxylic acids is 3. The standard InChI is InChI=1S/C33H36ClN3O4S/c1-3-17-35-18-7-15-32(2)26(29(35)39)27-30(40)37(25(21-38)20-22-9-5-4-6-10-22)28-31(41)36(19-8-16-33(27,28)42-32)24-13-11-23(34)12-14-24/h4-16,25-28,38H,3,17-21H2,1-2H3/t25-,26+,27+,28?,32-,33+/m1/s1. The van der Waals surface area contributed by atoms with E-state index in [0.717, 1.165) is 12.0 Å². The van der Waals surface area contributed by atoms with E-state index in [4.69, 9.17) is 11.6 Å². The van der Waals surface area contributed by atoms with Gasteiger partial charge < -0.3 is 19.8 Å². The maximum atomic E-state index is 14.8. The number of fused-ring (bicyclic) bond motifs is 2. The van der Waals surface area contributed by atoms with Gasteiger partial charge in [-0.1, -0.05) is 73.2 Å². The highest BCUT2D eigenvalue weighted by molar-refractivity contribution is 8.02. The van der Waals surface area contributed by atoms with Crippen LogP contribution < -0.4 is 4.90 Å². The molecular formula is C33H36ClN3O4S. The molecule has 2 fully saturated rings. The molecule has 2 aromatic rings. The Labute approximate surface area is 256 Å². The van der Waals surface area contributed by atoms with E-state index in [-0.39, 0.29) is 24.3 Å². The summed E-state index contributed by atoms with van der Waals surface area (Å²) in [5.74, 6) is -1.90. The van der Waals surface area contributed by atoms with Crippen LogP contribution in [-0.4, -0.2) is 80.4 Å². The molecule has 0 radical (unpaired) electrons. The van der Waals surface area contributed by atoms with Crippen LogP contribution in [0.15, 0.2) is 78.9 Å². The van der Waals surface area contributed by atoms with Gasteiger partial charge >= 0.3 is 0 Å². The van der Waals surface area contributed by atoms with Crippen LogP contribution in [0.2, 0.25) is 5.02 Å². The summed E-state index contributed by atoms with van der Waals surface area (Å²) in [6.07, 6.45) is 9.28. The normalized spacial score (nSPS) is 31.1. The molecule has 4 aliphatic rings. The molecule has 2 saturated heterocycles. The molecule has 6 atom stereocenters. The summed E-state index contributed by atoms with van der Waals surface area (Å²) >= 11 is 7.72. The minimum atomic E-state index is -0.978. The SMILES string of the molecule is CCCN1CC=C[C@@]2(C)S[C@]34C=CCN(c5ccc(Cl)cc5)C(=O)C3N([C@@H](CO)Cc3ccccc3)C(=O)[C@@H]4[C@H]2C1=O. The Morgan fingerprint density at radius 3 is 2.36 bits per heavy atom. The van der Waals surface area contributed by atoms with Crippen molar-refractivity contribution in [2.75, 3.05) is 31.1 Å². The summed E-state index contributed by atoms with van der Waals surface area (Å²) < 4.78 is -1.65. The van der Waals surface area contributed by atoms with Gasteiger partial charge in [0.2, 0.25) is 11.8 Å². The van der Waals surface area contributed by atoms with Gasteiger partial charge in [0.25, 0.3) is 5.91 Å². The Bertz CT molecular complexity index is 1430. The zero-order valence-corrected chi connectivity index (χ0v) is 25.4. The Morgan fingerprint density at radius 2 is 1.67 bits per heavy atom. The zero-order valence-electron chi connectivity index (χ0n) is 23.9. The van der Waals surface area contributed by atoms with Crippen LogP contribution in [0.4, 0.5) is 5.69 Å². The molecule has 3 amide bonds. The molecule has 6 rings (SSSR count).